The highest BCUT2D eigenvalue weighted by Gasteiger charge is 2.23. The Kier molecular flexibility index (Phi) is 5.58. The summed E-state index contributed by atoms with van der Waals surface area (Å²) in [6, 6.07) is 7.13. The molecule has 0 saturated heterocycles. The van der Waals surface area contributed by atoms with E-state index in [1.54, 1.807) is 12.1 Å². The van der Waals surface area contributed by atoms with Crippen molar-refractivity contribution in [1.82, 2.24) is 9.62 Å². The molecular formula is C16H24N2O3S. The third-order valence-corrected chi connectivity index (χ3v) is 6.13. The number of nitrogens with one attached hydrogen (secondary N) is 1. The third-order valence-electron chi connectivity index (χ3n) is 4.31. The van der Waals surface area contributed by atoms with Gasteiger partial charge in [0.1, 0.15) is 0 Å². The van der Waals surface area contributed by atoms with Gasteiger partial charge >= 0.3 is 0 Å². The van der Waals surface area contributed by atoms with Crippen LogP contribution in [0.2, 0.25) is 0 Å². The zero-order chi connectivity index (χ0) is 16.2. The Balaban J connectivity index is 2.12. The second-order valence-corrected chi connectivity index (χ2v) is 7.88. The summed E-state index contributed by atoms with van der Waals surface area (Å²) in [6.07, 6.45) is 6.16. The van der Waals surface area contributed by atoms with E-state index in [4.69, 9.17) is 0 Å². The van der Waals surface area contributed by atoms with Crippen molar-refractivity contribution < 1.29 is 13.2 Å². The van der Waals surface area contributed by atoms with Crippen LogP contribution in [0.3, 0.4) is 0 Å². The van der Waals surface area contributed by atoms with E-state index in [9.17, 15) is 13.2 Å². The molecule has 1 N–H and O–H groups in total. The summed E-state index contributed by atoms with van der Waals surface area (Å²) in [5.41, 5.74) is 1.22. The van der Waals surface area contributed by atoms with Crippen LogP contribution in [0.4, 0.5) is 0 Å². The van der Waals surface area contributed by atoms with Gasteiger partial charge in [-0.05, 0) is 36.5 Å². The number of likely N-dealkylation sites (N-methyl/N-ethyl adjacent to an activating group) is 2. The van der Waals surface area contributed by atoms with Crippen LogP contribution in [0.25, 0.3) is 0 Å². The van der Waals surface area contributed by atoms with Gasteiger partial charge in [0, 0.05) is 14.1 Å². The van der Waals surface area contributed by atoms with E-state index in [0.717, 1.165) is 4.31 Å². The van der Waals surface area contributed by atoms with Crippen molar-refractivity contribution in [2.45, 2.75) is 42.9 Å². The molecule has 0 heterocycles. The van der Waals surface area contributed by atoms with Crippen LogP contribution in [-0.4, -0.2) is 39.3 Å². The molecule has 1 aromatic carbocycles. The molecule has 1 aliphatic carbocycles. The van der Waals surface area contributed by atoms with Crippen LogP contribution in [0.1, 0.15) is 43.6 Å². The minimum Gasteiger partial charge on any atom is -0.358 e. The van der Waals surface area contributed by atoms with Crippen molar-refractivity contribution in [3.8, 4) is 0 Å². The van der Waals surface area contributed by atoms with Crippen molar-refractivity contribution in [3.63, 3.8) is 0 Å². The van der Waals surface area contributed by atoms with Crippen LogP contribution in [-0.2, 0) is 14.8 Å². The summed E-state index contributed by atoms with van der Waals surface area (Å²) >= 11 is 0. The van der Waals surface area contributed by atoms with Crippen LogP contribution in [0.15, 0.2) is 29.2 Å². The molecule has 1 amide bonds. The lowest BCUT2D eigenvalue weighted by molar-refractivity contribution is -0.120. The number of benzene rings is 1. The number of carbonyl (C=O) groups is 1. The smallest absolute Gasteiger partial charge is 0.243 e. The fourth-order valence-electron chi connectivity index (χ4n) is 2.89. The summed E-state index contributed by atoms with van der Waals surface area (Å²) in [6.45, 7) is -0.177. The predicted octanol–water partition coefficient (Wildman–Crippen LogP) is 2.10. The van der Waals surface area contributed by atoms with Gasteiger partial charge in [0.05, 0.1) is 11.4 Å². The molecule has 6 heteroatoms. The van der Waals surface area contributed by atoms with Crippen molar-refractivity contribution in [2.24, 2.45) is 0 Å². The van der Waals surface area contributed by atoms with Gasteiger partial charge in [0.2, 0.25) is 15.9 Å². The normalized spacial score (nSPS) is 16.7. The highest BCUT2D eigenvalue weighted by atomic mass is 32.2. The maximum Gasteiger partial charge on any atom is 0.243 e. The zero-order valence-corrected chi connectivity index (χ0v) is 14.0. The maximum atomic E-state index is 12.4. The molecule has 0 unspecified atom stereocenters. The van der Waals surface area contributed by atoms with Crippen molar-refractivity contribution in [3.05, 3.63) is 29.8 Å². The number of carbonyl (C=O) groups excluding carboxylic acids is 1. The largest absolute Gasteiger partial charge is 0.358 e. The van der Waals surface area contributed by atoms with Gasteiger partial charge < -0.3 is 5.32 Å². The van der Waals surface area contributed by atoms with E-state index in [0.29, 0.717) is 5.92 Å². The Morgan fingerprint density at radius 1 is 1.18 bits per heavy atom. The molecule has 22 heavy (non-hydrogen) atoms. The molecule has 0 aliphatic heterocycles. The van der Waals surface area contributed by atoms with Gasteiger partial charge in [0.15, 0.2) is 0 Å². The summed E-state index contributed by atoms with van der Waals surface area (Å²) in [5, 5.41) is 2.43. The lowest BCUT2D eigenvalue weighted by atomic mass is 9.84. The number of hydrogen-bond acceptors (Lipinski definition) is 3. The molecule has 1 saturated carbocycles. The van der Waals surface area contributed by atoms with E-state index >= 15 is 0 Å². The molecule has 122 valence electrons. The van der Waals surface area contributed by atoms with E-state index in [1.807, 2.05) is 12.1 Å². The lowest BCUT2D eigenvalue weighted by Gasteiger charge is -2.22. The number of hydrogen-bond donors (Lipinski definition) is 1. The Labute approximate surface area is 132 Å². The fourth-order valence-corrected chi connectivity index (χ4v) is 4.02. The first-order valence-corrected chi connectivity index (χ1v) is 9.16. The average Bonchev–Trinajstić information content (AvgIpc) is 2.55. The topological polar surface area (TPSA) is 66.5 Å². The summed E-state index contributed by atoms with van der Waals surface area (Å²) in [4.78, 5) is 11.6. The monoisotopic (exact) mass is 324 g/mol. The van der Waals surface area contributed by atoms with Gasteiger partial charge in [-0.25, -0.2) is 8.42 Å². The first-order chi connectivity index (χ1) is 10.4. The van der Waals surface area contributed by atoms with E-state index in [2.05, 4.69) is 5.32 Å². The van der Waals surface area contributed by atoms with Crippen LogP contribution < -0.4 is 5.32 Å². The van der Waals surface area contributed by atoms with Crippen LogP contribution in [0, 0.1) is 0 Å². The van der Waals surface area contributed by atoms with Crippen LogP contribution >= 0.6 is 0 Å². The fraction of sp³-hybridized carbons (Fsp3) is 0.562. The van der Waals surface area contributed by atoms with Crippen molar-refractivity contribution >= 4 is 15.9 Å². The lowest BCUT2D eigenvalue weighted by Crippen LogP contribution is -2.36. The average molecular weight is 324 g/mol. The Morgan fingerprint density at radius 3 is 2.32 bits per heavy atom. The molecule has 0 bridgehead atoms. The molecule has 1 fully saturated rings. The highest BCUT2D eigenvalue weighted by Crippen LogP contribution is 2.33. The van der Waals surface area contributed by atoms with Gasteiger partial charge in [-0.2, -0.15) is 4.31 Å². The summed E-state index contributed by atoms with van der Waals surface area (Å²) in [7, 11) is -0.715. The quantitative estimate of drug-likeness (QED) is 0.902. The molecular weight excluding hydrogens is 300 g/mol. The number of amides is 1. The number of nitrogens with zero attached hydrogens (tertiary/aromatic N) is 1. The predicted molar refractivity (Wildman–Crippen MR) is 86.2 cm³/mol. The highest BCUT2D eigenvalue weighted by molar-refractivity contribution is 7.89. The zero-order valence-electron chi connectivity index (χ0n) is 13.2. The molecule has 5 nitrogen and oxygen atoms in total. The second kappa shape index (κ2) is 7.24. The van der Waals surface area contributed by atoms with E-state index in [1.165, 1.54) is 51.8 Å². The Bertz CT molecular complexity index is 605. The molecule has 0 atom stereocenters. The summed E-state index contributed by atoms with van der Waals surface area (Å²) < 4.78 is 25.9. The molecule has 2 rings (SSSR count). The number of sulfonamides is 1. The molecule has 1 aromatic rings. The number of rotatable bonds is 5. The summed E-state index contributed by atoms with van der Waals surface area (Å²) in [5.74, 6) is 0.221. The SMILES string of the molecule is CNC(=O)CN(C)S(=O)(=O)c1ccc(C2CCCCC2)cc1. The van der Waals surface area contributed by atoms with Gasteiger partial charge in [-0.1, -0.05) is 31.4 Å². The van der Waals surface area contributed by atoms with Gasteiger partial charge in [-0.3, -0.25) is 4.79 Å². The van der Waals surface area contributed by atoms with Crippen molar-refractivity contribution in [1.29, 1.82) is 0 Å². The minimum absolute atomic E-state index is 0.177. The van der Waals surface area contributed by atoms with E-state index < -0.39 is 10.0 Å². The second-order valence-electron chi connectivity index (χ2n) is 5.84. The van der Waals surface area contributed by atoms with Crippen LogP contribution in [0.5, 0.6) is 0 Å². The van der Waals surface area contributed by atoms with Gasteiger partial charge in [0.25, 0.3) is 0 Å². The molecule has 0 aromatic heterocycles. The third kappa shape index (κ3) is 3.87. The Morgan fingerprint density at radius 2 is 1.77 bits per heavy atom. The standard InChI is InChI=1S/C16H24N2O3S/c1-17-16(19)12-18(2)22(20,21)15-10-8-14(9-11-15)13-6-4-3-5-7-13/h8-11,13H,3-7,12H2,1-2H3,(H,17,19). The van der Waals surface area contributed by atoms with Crippen molar-refractivity contribution in [2.75, 3.05) is 20.6 Å². The molecule has 1 aliphatic rings. The first kappa shape index (κ1) is 17.0. The minimum atomic E-state index is -3.62. The molecule has 0 radical (unpaired) electrons. The van der Waals surface area contributed by atoms with E-state index in [-0.39, 0.29) is 17.3 Å². The Hall–Kier alpha value is -1.40. The van der Waals surface area contributed by atoms with Gasteiger partial charge in [-0.15, -0.1) is 0 Å². The maximum absolute atomic E-state index is 12.4. The first-order valence-electron chi connectivity index (χ1n) is 7.72. The molecule has 0 spiro atoms.